The number of carbonyl (C=O) groups excluding carboxylic acids is 5. The molecule has 24 heavy (non-hydrogen) atoms. The van der Waals surface area contributed by atoms with Gasteiger partial charge in [-0.3, -0.25) is 24.0 Å². The topological polar surface area (TPSA) is 133 Å². The molecule has 1 aliphatic heterocycles. The van der Waals surface area contributed by atoms with E-state index in [0.717, 1.165) is 0 Å². The predicted molar refractivity (Wildman–Crippen MR) is 84.6 cm³/mol. The monoisotopic (exact) mass is 340 g/mol. The van der Waals surface area contributed by atoms with Crippen molar-refractivity contribution in [2.75, 3.05) is 6.54 Å². The maximum absolute atomic E-state index is 12.1. The van der Waals surface area contributed by atoms with E-state index in [1.165, 1.54) is 20.8 Å². The molecule has 1 saturated heterocycles. The molecule has 1 heterocycles. The highest BCUT2D eigenvalue weighted by molar-refractivity contribution is 5.96. The third-order valence-electron chi connectivity index (χ3n) is 3.74. The summed E-state index contributed by atoms with van der Waals surface area (Å²) in [6, 6.07) is -2.52. The van der Waals surface area contributed by atoms with Crippen LogP contribution >= 0.6 is 0 Å². The van der Waals surface area contributed by atoms with Gasteiger partial charge in [0.2, 0.25) is 23.6 Å². The van der Waals surface area contributed by atoms with Gasteiger partial charge in [0.25, 0.3) is 0 Å². The highest BCUT2D eigenvalue weighted by atomic mass is 16.2. The number of hydrogen-bond donors (Lipinski definition) is 4. The molecule has 4 amide bonds. The van der Waals surface area contributed by atoms with E-state index in [2.05, 4.69) is 21.3 Å². The highest BCUT2D eigenvalue weighted by Gasteiger charge is 2.26. The zero-order chi connectivity index (χ0) is 18.4. The molecule has 0 saturated carbocycles. The van der Waals surface area contributed by atoms with Gasteiger partial charge in [0, 0.05) is 12.3 Å². The van der Waals surface area contributed by atoms with E-state index >= 15 is 0 Å². The molecule has 0 bridgehead atoms. The van der Waals surface area contributed by atoms with Crippen molar-refractivity contribution >= 4 is 29.4 Å². The van der Waals surface area contributed by atoms with Crippen molar-refractivity contribution in [3.05, 3.63) is 0 Å². The average molecular weight is 340 g/mol. The van der Waals surface area contributed by atoms with Gasteiger partial charge in [0.1, 0.15) is 12.1 Å². The zero-order valence-electron chi connectivity index (χ0n) is 14.3. The SMILES string of the molecule is C[C@@H]1CC(=O)[C@H](C)NC(=O)[C@H](C)NC(=O)[C@H](C)NC(=O)CNC1=O. The number of carbonyl (C=O) groups is 5. The fourth-order valence-electron chi connectivity index (χ4n) is 2.09. The summed E-state index contributed by atoms with van der Waals surface area (Å²) in [5.74, 6) is -2.99. The van der Waals surface area contributed by atoms with Crippen molar-refractivity contribution < 1.29 is 24.0 Å². The van der Waals surface area contributed by atoms with Crippen molar-refractivity contribution in [1.29, 1.82) is 0 Å². The van der Waals surface area contributed by atoms with Gasteiger partial charge in [-0.15, -0.1) is 0 Å². The Morgan fingerprint density at radius 1 is 0.708 bits per heavy atom. The summed E-state index contributed by atoms with van der Waals surface area (Å²) in [6.07, 6.45) is -0.0635. The fourth-order valence-corrected chi connectivity index (χ4v) is 2.09. The zero-order valence-corrected chi connectivity index (χ0v) is 14.3. The van der Waals surface area contributed by atoms with Gasteiger partial charge in [-0.2, -0.15) is 0 Å². The maximum Gasteiger partial charge on any atom is 0.242 e. The first-order valence-corrected chi connectivity index (χ1v) is 7.82. The summed E-state index contributed by atoms with van der Waals surface area (Å²) in [5, 5.41) is 9.81. The van der Waals surface area contributed by atoms with E-state index in [-0.39, 0.29) is 18.7 Å². The lowest BCUT2D eigenvalue weighted by atomic mass is 10.00. The summed E-state index contributed by atoms with van der Waals surface area (Å²) < 4.78 is 0. The van der Waals surface area contributed by atoms with Crippen LogP contribution in [0.15, 0.2) is 0 Å². The second-order valence-corrected chi connectivity index (χ2v) is 6.04. The van der Waals surface area contributed by atoms with E-state index in [1.807, 2.05) is 0 Å². The van der Waals surface area contributed by atoms with Gasteiger partial charge < -0.3 is 21.3 Å². The standard InChI is InChI=1S/C15H24N4O5/c1-7-5-11(20)8(2)18-15(24)10(4)19-14(23)9(3)17-12(21)6-16-13(7)22/h7-10H,5-6H2,1-4H3,(H,16,22)(H,17,21)(H,18,24)(H,19,23)/t7-,8+,9+,10+/m1/s1. The van der Waals surface area contributed by atoms with Crippen molar-refractivity contribution in [2.24, 2.45) is 5.92 Å². The Morgan fingerprint density at radius 2 is 1.21 bits per heavy atom. The van der Waals surface area contributed by atoms with Gasteiger partial charge in [0.05, 0.1) is 12.6 Å². The van der Waals surface area contributed by atoms with E-state index in [0.29, 0.717) is 0 Å². The van der Waals surface area contributed by atoms with Crippen LogP contribution in [0.4, 0.5) is 0 Å². The van der Waals surface area contributed by atoms with Crippen LogP contribution < -0.4 is 21.3 Å². The first kappa shape index (κ1) is 19.6. The summed E-state index contributed by atoms with van der Waals surface area (Å²) in [7, 11) is 0. The molecular weight excluding hydrogens is 316 g/mol. The Morgan fingerprint density at radius 3 is 1.79 bits per heavy atom. The van der Waals surface area contributed by atoms with Crippen molar-refractivity contribution in [3.8, 4) is 0 Å². The highest BCUT2D eigenvalue weighted by Crippen LogP contribution is 2.05. The van der Waals surface area contributed by atoms with Crippen LogP contribution in [-0.2, 0) is 24.0 Å². The molecule has 0 spiro atoms. The summed E-state index contributed by atoms with van der Waals surface area (Å²) in [4.78, 5) is 59.7. The molecule has 9 nitrogen and oxygen atoms in total. The Bertz CT molecular complexity index is 548. The normalized spacial score (nSPS) is 31.1. The van der Waals surface area contributed by atoms with Crippen LogP contribution in [-0.4, -0.2) is 54.1 Å². The molecule has 1 fully saturated rings. The first-order chi connectivity index (χ1) is 11.1. The van der Waals surface area contributed by atoms with Crippen LogP contribution in [0.2, 0.25) is 0 Å². The fraction of sp³-hybridized carbons (Fsp3) is 0.667. The maximum atomic E-state index is 12.1. The Labute approximate surface area is 140 Å². The smallest absolute Gasteiger partial charge is 0.242 e. The van der Waals surface area contributed by atoms with Gasteiger partial charge in [-0.25, -0.2) is 0 Å². The molecule has 0 aromatic heterocycles. The second-order valence-electron chi connectivity index (χ2n) is 6.04. The third-order valence-corrected chi connectivity index (χ3v) is 3.74. The van der Waals surface area contributed by atoms with Crippen LogP contribution in [0.3, 0.4) is 0 Å². The number of ketones is 1. The van der Waals surface area contributed by atoms with E-state index < -0.39 is 47.7 Å². The minimum absolute atomic E-state index is 0.0635. The van der Waals surface area contributed by atoms with Crippen LogP contribution in [0.25, 0.3) is 0 Å². The number of amides is 4. The van der Waals surface area contributed by atoms with Crippen molar-refractivity contribution in [2.45, 2.75) is 52.2 Å². The quantitative estimate of drug-likeness (QED) is 0.414. The van der Waals surface area contributed by atoms with Crippen LogP contribution in [0.1, 0.15) is 34.1 Å². The molecular formula is C15H24N4O5. The lowest BCUT2D eigenvalue weighted by Gasteiger charge is -2.20. The first-order valence-electron chi connectivity index (χ1n) is 7.82. The number of hydrogen-bond acceptors (Lipinski definition) is 5. The molecule has 1 aliphatic rings. The molecule has 0 aromatic rings. The van der Waals surface area contributed by atoms with Gasteiger partial charge in [-0.05, 0) is 20.8 Å². The van der Waals surface area contributed by atoms with E-state index in [1.54, 1.807) is 6.92 Å². The molecule has 0 radical (unpaired) electrons. The minimum Gasteiger partial charge on any atom is -0.347 e. The molecule has 0 unspecified atom stereocenters. The van der Waals surface area contributed by atoms with Gasteiger partial charge in [-0.1, -0.05) is 6.92 Å². The van der Waals surface area contributed by atoms with E-state index in [4.69, 9.17) is 0 Å². The Kier molecular flexibility index (Phi) is 6.87. The van der Waals surface area contributed by atoms with E-state index in [9.17, 15) is 24.0 Å². The molecule has 9 heteroatoms. The van der Waals surface area contributed by atoms with Gasteiger partial charge >= 0.3 is 0 Å². The number of rotatable bonds is 0. The summed E-state index contributed by atoms with van der Waals surface area (Å²) >= 11 is 0. The summed E-state index contributed by atoms with van der Waals surface area (Å²) in [5.41, 5.74) is 0. The minimum atomic E-state index is -0.869. The Hall–Kier alpha value is -2.45. The van der Waals surface area contributed by atoms with Crippen LogP contribution in [0.5, 0.6) is 0 Å². The lowest BCUT2D eigenvalue weighted by Crippen LogP contribution is -2.54. The van der Waals surface area contributed by atoms with Crippen LogP contribution in [0, 0.1) is 5.92 Å². The van der Waals surface area contributed by atoms with Crippen molar-refractivity contribution in [1.82, 2.24) is 21.3 Å². The third kappa shape index (κ3) is 5.64. The molecule has 1 rings (SSSR count). The Balaban J connectivity index is 2.92. The number of nitrogens with one attached hydrogen (secondary N) is 4. The lowest BCUT2D eigenvalue weighted by molar-refractivity contribution is -0.132. The molecule has 0 aliphatic carbocycles. The summed E-state index contributed by atoms with van der Waals surface area (Å²) in [6.45, 7) is 5.73. The molecule has 4 atom stereocenters. The predicted octanol–water partition coefficient (Wildman–Crippen LogP) is -1.77. The second kappa shape index (κ2) is 8.42. The van der Waals surface area contributed by atoms with Gasteiger partial charge in [0.15, 0.2) is 5.78 Å². The molecule has 134 valence electrons. The van der Waals surface area contributed by atoms with Crippen molar-refractivity contribution in [3.63, 3.8) is 0 Å². The average Bonchev–Trinajstić information content (AvgIpc) is 2.50. The molecule has 4 N–H and O–H groups in total. The largest absolute Gasteiger partial charge is 0.347 e. The number of Topliss-reactive ketones (excluding diaryl/α,β-unsaturated/α-hetero) is 1. The molecule has 0 aromatic carbocycles.